The van der Waals surface area contributed by atoms with Crippen LogP contribution < -0.4 is 15.8 Å². The quantitative estimate of drug-likeness (QED) is 0.110. The van der Waals surface area contributed by atoms with Gasteiger partial charge >= 0.3 is 6.09 Å². The van der Waals surface area contributed by atoms with Crippen molar-refractivity contribution in [1.29, 1.82) is 0 Å². The molecule has 1 fully saturated rings. The number of ether oxygens (including phenoxy) is 2. The molecule has 3 aromatic carbocycles. The molecule has 0 spiro atoms. The molecule has 3 N–H and O–H groups in total. The van der Waals surface area contributed by atoms with Gasteiger partial charge in [-0.15, -0.1) is 0 Å². The molecule has 5 rings (SSSR count). The summed E-state index contributed by atoms with van der Waals surface area (Å²) in [5.41, 5.74) is 6.95. The Labute approximate surface area is 297 Å². The second-order valence-corrected chi connectivity index (χ2v) is 12.0. The Morgan fingerprint density at radius 2 is 1.73 bits per heavy atom. The number of fused-ring (bicyclic) bond motifs is 1. The number of nitrogens with zero attached hydrogens (tertiary/aromatic N) is 3. The van der Waals surface area contributed by atoms with Gasteiger partial charge in [-0.25, -0.2) is 9.78 Å². The summed E-state index contributed by atoms with van der Waals surface area (Å²) in [5, 5.41) is 5.92. The molecule has 1 aromatic heterocycles. The predicted molar refractivity (Wildman–Crippen MR) is 188 cm³/mol. The van der Waals surface area contributed by atoms with Gasteiger partial charge in [-0.3, -0.25) is 4.79 Å². The van der Waals surface area contributed by atoms with E-state index in [1.165, 1.54) is 30.0 Å². The largest absolute Gasteiger partial charge is 0.624 e. The Morgan fingerprint density at radius 1 is 1.00 bits per heavy atom. The van der Waals surface area contributed by atoms with Gasteiger partial charge < -0.3 is 30.0 Å². The molecule has 10 heteroatoms. The summed E-state index contributed by atoms with van der Waals surface area (Å²) >= 11 is 0. The minimum Gasteiger partial charge on any atom is -0.624 e. The number of hydrogen-bond acceptors (Lipinski definition) is 6. The van der Waals surface area contributed by atoms with Crippen LogP contribution in [0.25, 0.3) is 22.0 Å². The van der Waals surface area contributed by atoms with Crippen molar-refractivity contribution in [3.05, 3.63) is 91.9 Å². The van der Waals surface area contributed by atoms with E-state index in [4.69, 9.17) is 9.72 Å². The first kappa shape index (κ1) is 38.7. The van der Waals surface area contributed by atoms with Gasteiger partial charge in [0.05, 0.1) is 18.6 Å². The first-order valence-electron chi connectivity index (χ1n) is 16.9. The number of aromatic nitrogens is 2. The Balaban J connectivity index is 0.000000970. The molecule has 0 aliphatic carbocycles. The fourth-order valence-corrected chi connectivity index (χ4v) is 6.23. The van der Waals surface area contributed by atoms with Crippen molar-refractivity contribution in [1.82, 2.24) is 19.8 Å². The van der Waals surface area contributed by atoms with Gasteiger partial charge in [0.15, 0.2) is 5.69 Å². The molecule has 1 radical (unpaired) electrons. The van der Waals surface area contributed by atoms with E-state index in [-0.39, 0.29) is 30.5 Å². The number of imidazole rings is 1. The van der Waals surface area contributed by atoms with Crippen molar-refractivity contribution >= 4 is 22.8 Å². The normalized spacial score (nSPS) is 15.0. The van der Waals surface area contributed by atoms with Crippen LogP contribution in [0.5, 0.6) is 5.75 Å². The third-order valence-corrected chi connectivity index (χ3v) is 8.62. The smallest absolute Gasteiger partial charge is 0.372 e. The van der Waals surface area contributed by atoms with Gasteiger partial charge in [0, 0.05) is 55.7 Å². The molecular weight excluding hydrogens is 641 g/mol. The second-order valence-electron chi connectivity index (χ2n) is 12.0. The number of benzene rings is 3. The van der Waals surface area contributed by atoms with Crippen molar-refractivity contribution in [2.45, 2.75) is 77.3 Å². The number of nitrogens with two attached hydrogens (primary N) is 1. The van der Waals surface area contributed by atoms with Crippen LogP contribution in [-0.2, 0) is 23.3 Å². The fraction of sp³-hybridized carbons (Fsp3) is 0.421. The number of unbranched alkanes of at least 4 members (excludes halogenated alkanes) is 2. The number of hydrogen-bond donors (Lipinski definition) is 2. The maximum absolute atomic E-state index is 14.4. The number of amides is 2. The summed E-state index contributed by atoms with van der Waals surface area (Å²) in [7, 11) is 2.71. The molecule has 2 amide bonds. The van der Waals surface area contributed by atoms with E-state index in [0.29, 0.717) is 24.9 Å². The van der Waals surface area contributed by atoms with E-state index in [0.717, 1.165) is 62.2 Å². The topological polar surface area (TPSA) is 112 Å². The van der Waals surface area contributed by atoms with E-state index in [1.807, 2.05) is 24.5 Å². The second kappa shape index (κ2) is 20.6. The van der Waals surface area contributed by atoms with E-state index < -0.39 is 6.09 Å². The van der Waals surface area contributed by atoms with Gasteiger partial charge in [0.25, 0.3) is 5.91 Å². The number of carbonyl (C=O) groups is 2. The van der Waals surface area contributed by atoms with Crippen LogP contribution in [0.3, 0.4) is 0 Å². The van der Waals surface area contributed by atoms with Gasteiger partial charge in [-0.2, -0.15) is 7.11 Å². The van der Waals surface area contributed by atoms with Gasteiger partial charge in [-0.1, -0.05) is 100 Å². The molecular formula is C38H50N5O4V-. The van der Waals surface area contributed by atoms with Gasteiger partial charge in [0.2, 0.25) is 0 Å². The number of rotatable bonds is 13. The minimum absolute atomic E-state index is 0. The third-order valence-electron chi connectivity index (χ3n) is 8.62. The molecule has 1 aliphatic heterocycles. The first-order valence-corrected chi connectivity index (χ1v) is 16.9. The van der Waals surface area contributed by atoms with E-state index in [9.17, 15) is 9.59 Å². The molecule has 2 atom stereocenters. The van der Waals surface area contributed by atoms with Crippen LogP contribution in [0.15, 0.2) is 79.1 Å². The molecule has 0 saturated carbocycles. The van der Waals surface area contributed by atoms with Crippen molar-refractivity contribution in [2.24, 2.45) is 5.73 Å². The Hall–Kier alpha value is -3.79. The molecule has 257 valence electrons. The molecule has 4 aromatic rings. The summed E-state index contributed by atoms with van der Waals surface area (Å²) in [6.07, 6.45) is 9.65. The standard InChI is InChI=1S/C36H46N4O2.C2H4NO2.V/c1-3-5-7-18-31(13-4-2)40-27-38-34(35(40)29-15-8-6-9-16-29)36(41)39-23-12-22-37-26-32(39)21-24-42-33-20-19-28-14-10-11-17-30(28)25-33;1-5-2(3)4;/h6,8-11,14-17,19-20,25,27,31-32,37H,3-5,7,12-13,18,21-24,26H2,1-2H3;1H2,(H2,3,4);/q;-1;/t31-,32+;;/m0../s1. The van der Waals surface area contributed by atoms with E-state index in [1.54, 1.807) is 0 Å². The molecule has 48 heavy (non-hydrogen) atoms. The summed E-state index contributed by atoms with van der Waals surface area (Å²) < 4.78 is 12.1. The minimum atomic E-state index is -0.856. The zero-order valence-electron chi connectivity index (χ0n) is 28.4. The summed E-state index contributed by atoms with van der Waals surface area (Å²) in [4.78, 5) is 30.6. The van der Waals surface area contributed by atoms with Gasteiger partial charge in [0.1, 0.15) is 5.75 Å². The van der Waals surface area contributed by atoms with Gasteiger partial charge in [-0.05, 0) is 48.7 Å². The van der Waals surface area contributed by atoms with Crippen LogP contribution in [-0.4, -0.2) is 58.7 Å². The molecule has 0 bridgehead atoms. The average Bonchev–Trinajstić information content (AvgIpc) is 3.41. The monoisotopic (exact) mass is 691 g/mol. The van der Waals surface area contributed by atoms with Crippen LogP contribution in [0.2, 0.25) is 0 Å². The SMILES string of the molecule is CCCCC[C@H](CCC)n1cnc(C(=O)N2CCCNC[C@H]2CCOc2ccc3ccccc3c2)c1-c1ccccc1.[CH2-]OC(N)=O.[V]. The van der Waals surface area contributed by atoms with Crippen molar-refractivity contribution in [2.75, 3.05) is 26.2 Å². The fourth-order valence-electron chi connectivity index (χ4n) is 6.23. The van der Waals surface area contributed by atoms with E-state index >= 15 is 0 Å². The van der Waals surface area contributed by atoms with E-state index in [2.05, 4.69) is 101 Å². The number of nitrogens with one attached hydrogen (secondary N) is 1. The number of primary amides is 1. The zero-order chi connectivity index (χ0) is 33.4. The first-order chi connectivity index (χ1) is 23.0. The van der Waals surface area contributed by atoms with Crippen molar-refractivity contribution in [3.8, 4) is 17.0 Å². The summed E-state index contributed by atoms with van der Waals surface area (Å²) in [5.74, 6) is 0.888. The molecule has 9 nitrogen and oxygen atoms in total. The summed E-state index contributed by atoms with van der Waals surface area (Å²) in [6, 6.07) is 25.3. The molecule has 1 saturated heterocycles. The zero-order valence-corrected chi connectivity index (χ0v) is 29.7. The average molecular weight is 692 g/mol. The molecule has 1 aliphatic rings. The van der Waals surface area contributed by atoms with Crippen LogP contribution >= 0.6 is 0 Å². The Kier molecular flexibility index (Phi) is 16.6. The maximum Gasteiger partial charge on any atom is 0.372 e. The van der Waals surface area contributed by atoms with Crippen LogP contribution in [0, 0.1) is 7.11 Å². The van der Waals surface area contributed by atoms with Crippen LogP contribution in [0.4, 0.5) is 4.79 Å². The van der Waals surface area contributed by atoms with Crippen molar-refractivity contribution < 1.29 is 37.6 Å². The maximum atomic E-state index is 14.4. The summed E-state index contributed by atoms with van der Waals surface area (Å²) in [6.45, 7) is 7.41. The van der Waals surface area contributed by atoms with Crippen molar-refractivity contribution in [3.63, 3.8) is 0 Å². The molecule has 2 heterocycles. The third kappa shape index (κ3) is 10.9. The number of carbonyl (C=O) groups excluding carboxylic acids is 2. The predicted octanol–water partition coefficient (Wildman–Crippen LogP) is 7.77. The van der Waals surface area contributed by atoms with Crippen LogP contribution in [0.1, 0.15) is 81.7 Å². The Bertz CT molecular complexity index is 1550. The Morgan fingerprint density at radius 3 is 2.44 bits per heavy atom. The molecule has 0 unspecified atom stereocenters.